The second-order valence-corrected chi connectivity index (χ2v) is 3.47. The Bertz CT molecular complexity index is 148. The molecule has 0 saturated heterocycles. The van der Waals surface area contributed by atoms with Crippen molar-refractivity contribution in [3.63, 3.8) is 0 Å². The number of rotatable bonds is 5. The second-order valence-electron chi connectivity index (χ2n) is 2.05. The van der Waals surface area contributed by atoms with E-state index in [2.05, 4.69) is 4.74 Å². The van der Waals surface area contributed by atoms with Gasteiger partial charge in [-0.3, -0.25) is 4.79 Å². The van der Waals surface area contributed by atoms with Gasteiger partial charge in [0.05, 0.1) is 6.61 Å². The van der Waals surface area contributed by atoms with Crippen LogP contribution in [-0.2, 0) is 14.3 Å². The number of carbonyl (C=O) groups is 1. The molecule has 72 valence electrons. The Hall–Kier alpha value is 0.01000. The molecule has 0 spiro atoms. The highest BCUT2D eigenvalue weighted by Crippen LogP contribution is 2.26. The van der Waals surface area contributed by atoms with Gasteiger partial charge in [-0.05, 0) is 13.8 Å². The molecule has 0 heterocycles. The van der Waals surface area contributed by atoms with Crippen molar-refractivity contribution < 1.29 is 14.3 Å². The van der Waals surface area contributed by atoms with Crippen LogP contribution in [0.1, 0.15) is 20.3 Å². The first-order valence-electron chi connectivity index (χ1n) is 3.69. The van der Waals surface area contributed by atoms with E-state index in [4.69, 9.17) is 27.9 Å². The van der Waals surface area contributed by atoms with E-state index in [9.17, 15) is 4.79 Å². The van der Waals surface area contributed by atoms with Crippen LogP contribution in [0.2, 0.25) is 0 Å². The molecule has 0 amide bonds. The Morgan fingerprint density at radius 2 is 1.92 bits per heavy atom. The van der Waals surface area contributed by atoms with Crippen LogP contribution in [0, 0.1) is 0 Å². The maximum absolute atomic E-state index is 10.9. The van der Waals surface area contributed by atoms with Gasteiger partial charge in [0.25, 0.3) is 0 Å². The second kappa shape index (κ2) is 5.62. The highest BCUT2D eigenvalue weighted by atomic mass is 35.5. The molecule has 0 aliphatic carbocycles. The predicted molar refractivity (Wildman–Crippen MR) is 47.3 cm³/mol. The Morgan fingerprint density at radius 1 is 1.33 bits per heavy atom. The molecule has 0 N–H and O–H groups in total. The average molecular weight is 215 g/mol. The topological polar surface area (TPSA) is 35.5 Å². The monoisotopic (exact) mass is 214 g/mol. The molecule has 0 aromatic rings. The summed E-state index contributed by atoms with van der Waals surface area (Å²) in [6.45, 7) is 4.12. The number of carbonyl (C=O) groups excluding carboxylic acids is 1. The summed E-state index contributed by atoms with van der Waals surface area (Å²) in [5, 5.41) is 0. The largest absolute Gasteiger partial charge is 0.466 e. The highest BCUT2D eigenvalue weighted by molar-refractivity contribution is 6.47. The van der Waals surface area contributed by atoms with E-state index < -0.39 is 10.5 Å². The molecule has 0 radical (unpaired) electrons. The number of ether oxygens (including phenoxy) is 2. The van der Waals surface area contributed by atoms with Crippen LogP contribution in [-0.4, -0.2) is 23.7 Å². The number of alkyl halides is 2. The van der Waals surface area contributed by atoms with Crippen LogP contribution in [0.4, 0.5) is 0 Å². The lowest BCUT2D eigenvalue weighted by molar-refractivity contribution is -0.145. The molecule has 0 fully saturated rings. The van der Waals surface area contributed by atoms with Gasteiger partial charge in [-0.15, -0.1) is 0 Å². The van der Waals surface area contributed by atoms with Gasteiger partial charge in [-0.25, -0.2) is 0 Å². The third kappa shape index (κ3) is 5.63. The first-order chi connectivity index (χ1) is 5.52. The van der Waals surface area contributed by atoms with Crippen molar-refractivity contribution in [3.8, 4) is 0 Å². The van der Waals surface area contributed by atoms with Gasteiger partial charge >= 0.3 is 5.97 Å². The molecule has 0 atom stereocenters. The fourth-order valence-corrected chi connectivity index (χ4v) is 1.08. The zero-order chi connectivity index (χ0) is 9.61. The average Bonchev–Trinajstić information content (AvgIpc) is 1.85. The van der Waals surface area contributed by atoms with Crippen molar-refractivity contribution in [2.75, 3.05) is 13.2 Å². The summed E-state index contributed by atoms with van der Waals surface area (Å²) in [4.78, 5) is 10.9. The lowest BCUT2D eigenvalue weighted by atomic mass is 10.4. The maximum atomic E-state index is 10.9. The zero-order valence-corrected chi connectivity index (χ0v) is 8.61. The molecule has 0 rings (SSSR count). The standard InChI is InChI=1S/C7H12Cl2O3/c1-3-11-6(10)5-7(8,9)12-4-2/h3-5H2,1-2H3. The zero-order valence-electron chi connectivity index (χ0n) is 7.10. The molecule has 0 aliphatic heterocycles. The summed E-state index contributed by atoms with van der Waals surface area (Å²) >= 11 is 11.2. The van der Waals surface area contributed by atoms with Crippen LogP contribution in [0.25, 0.3) is 0 Å². The minimum Gasteiger partial charge on any atom is -0.466 e. The van der Waals surface area contributed by atoms with E-state index in [0.717, 1.165) is 0 Å². The van der Waals surface area contributed by atoms with Gasteiger partial charge < -0.3 is 9.47 Å². The van der Waals surface area contributed by atoms with Crippen molar-refractivity contribution in [2.45, 2.75) is 24.8 Å². The summed E-state index contributed by atoms with van der Waals surface area (Å²) in [6, 6.07) is 0. The first-order valence-corrected chi connectivity index (χ1v) is 4.44. The van der Waals surface area contributed by atoms with Crippen LogP contribution >= 0.6 is 23.2 Å². The minimum atomic E-state index is -1.46. The summed E-state index contributed by atoms with van der Waals surface area (Å²) in [6.07, 6.45) is -0.155. The summed E-state index contributed by atoms with van der Waals surface area (Å²) in [5.41, 5.74) is 0. The smallest absolute Gasteiger partial charge is 0.311 e. The van der Waals surface area contributed by atoms with Gasteiger partial charge in [0, 0.05) is 6.61 Å². The summed E-state index contributed by atoms with van der Waals surface area (Å²) in [5.74, 6) is -0.462. The molecule has 0 bridgehead atoms. The molecule has 0 aliphatic rings. The van der Waals surface area contributed by atoms with E-state index in [1.807, 2.05) is 0 Å². The SMILES string of the molecule is CCOC(=O)CC(Cl)(Cl)OCC. The number of halogens is 2. The Kier molecular flexibility index (Phi) is 5.63. The number of esters is 1. The van der Waals surface area contributed by atoms with Crippen molar-refractivity contribution in [1.82, 2.24) is 0 Å². The van der Waals surface area contributed by atoms with Crippen LogP contribution in [0.3, 0.4) is 0 Å². The molecule has 0 saturated carbocycles. The van der Waals surface area contributed by atoms with Crippen molar-refractivity contribution in [1.29, 1.82) is 0 Å². The minimum absolute atomic E-state index is 0.155. The molecule has 0 aromatic heterocycles. The number of hydrogen-bond acceptors (Lipinski definition) is 3. The molecule has 0 aromatic carbocycles. The normalized spacial score (nSPS) is 11.3. The Morgan fingerprint density at radius 3 is 2.33 bits per heavy atom. The Balaban J connectivity index is 3.79. The lowest BCUT2D eigenvalue weighted by Gasteiger charge is -2.17. The van der Waals surface area contributed by atoms with E-state index in [1.54, 1.807) is 13.8 Å². The van der Waals surface area contributed by atoms with E-state index >= 15 is 0 Å². The molecule has 5 heteroatoms. The fourth-order valence-electron chi connectivity index (χ4n) is 0.642. The molecule has 0 unspecified atom stereocenters. The van der Waals surface area contributed by atoms with Crippen molar-refractivity contribution in [3.05, 3.63) is 0 Å². The van der Waals surface area contributed by atoms with Gasteiger partial charge in [0.2, 0.25) is 4.52 Å². The van der Waals surface area contributed by atoms with Gasteiger partial charge in [0.1, 0.15) is 6.42 Å². The third-order valence-corrected chi connectivity index (χ3v) is 1.50. The fraction of sp³-hybridized carbons (Fsp3) is 0.857. The summed E-state index contributed by atoms with van der Waals surface area (Å²) in [7, 11) is 0. The van der Waals surface area contributed by atoms with Gasteiger partial charge in [0.15, 0.2) is 0 Å². The van der Waals surface area contributed by atoms with E-state index in [1.165, 1.54) is 0 Å². The lowest BCUT2D eigenvalue weighted by Crippen LogP contribution is -2.23. The molecule has 3 nitrogen and oxygen atoms in total. The summed E-state index contributed by atoms with van der Waals surface area (Å²) < 4.78 is 8.06. The molecular formula is C7H12Cl2O3. The van der Waals surface area contributed by atoms with E-state index in [-0.39, 0.29) is 6.42 Å². The van der Waals surface area contributed by atoms with Gasteiger partial charge in [-0.2, -0.15) is 0 Å². The van der Waals surface area contributed by atoms with Crippen molar-refractivity contribution >= 4 is 29.2 Å². The quantitative estimate of drug-likeness (QED) is 0.520. The third-order valence-electron chi connectivity index (χ3n) is 1.01. The first kappa shape index (κ1) is 12.0. The van der Waals surface area contributed by atoms with Crippen LogP contribution < -0.4 is 0 Å². The van der Waals surface area contributed by atoms with Crippen LogP contribution in [0.15, 0.2) is 0 Å². The highest BCUT2D eigenvalue weighted by Gasteiger charge is 2.28. The number of hydrogen-bond donors (Lipinski definition) is 0. The Labute approximate surface area is 81.9 Å². The van der Waals surface area contributed by atoms with Crippen LogP contribution in [0.5, 0.6) is 0 Å². The predicted octanol–water partition coefficient (Wildman–Crippen LogP) is 2.11. The molecule has 12 heavy (non-hydrogen) atoms. The maximum Gasteiger partial charge on any atom is 0.311 e. The van der Waals surface area contributed by atoms with Crippen molar-refractivity contribution in [2.24, 2.45) is 0 Å². The van der Waals surface area contributed by atoms with E-state index in [0.29, 0.717) is 13.2 Å². The van der Waals surface area contributed by atoms with Gasteiger partial charge in [-0.1, -0.05) is 23.2 Å². The molecular weight excluding hydrogens is 203 g/mol.